The van der Waals surface area contributed by atoms with Gasteiger partial charge in [-0.25, -0.2) is 0 Å². The number of nitrogens with one attached hydrogen (secondary N) is 1. The van der Waals surface area contributed by atoms with Crippen molar-refractivity contribution >= 4 is 5.91 Å². The number of nitrogens with two attached hydrogens (primary N) is 1. The quantitative estimate of drug-likeness (QED) is 0.727. The van der Waals surface area contributed by atoms with E-state index in [4.69, 9.17) is 5.73 Å². The molecule has 1 atom stereocenters. The fraction of sp³-hybridized carbons (Fsp3) is 0.917. The van der Waals surface area contributed by atoms with Crippen LogP contribution in [0.3, 0.4) is 0 Å². The van der Waals surface area contributed by atoms with Gasteiger partial charge >= 0.3 is 0 Å². The first kappa shape index (κ1) is 13.5. The molecule has 0 saturated carbocycles. The minimum absolute atomic E-state index is 0.0306. The molecule has 94 valence electrons. The van der Waals surface area contributed by atoms with Gasteiger partial charge in [-0.3, -0.25) is 4.79 Å². The standard InChI is InChI=1S/C12H25N3O/c1-3-4-5-11(13)12(16)14-10-6-8-15(2)9-7-10/h10-11H,3-9,13H2,1-2H3,(H,14,16). The van der Waals surface area contributed by atoms with Crippen LogP contribution in [0.1, 0.15) is 39.0 Å². The van der Waals surface area contributed by atoms with Crippen LogP contribution in [0.4, 0.5) is 0 Å². The minimum atomic E-state index is -0.320. The Morgan fingerprint density at radius 1 is 1.50 bits per heavy atom. The molecule has 16 heavy (non-hydrogen) atoms. The second-order valence-electron chi connectivity index (χ2n) is 4.83. The summed E-state index contributed by atoms with van der Waals surface area (Å²) in [4.78, 5) is 14.0. The van der Waals surface area contributed by atoms with Crippen LogP contribution in [0, 0.1) is 0 Å². The van der Waals surface area contributed by atoms with Crippen LogP contribution in [0.2, 0.25) is 0 Å². The number of hydrogen-bond acceptors (Lipinski definition) is 3. The van der Waals surface area contributed by atoms with Crippen LogP contribution >= 0.6 is 0 Å². The van der Waals surface area contributed by atoms with E-state index in [9.17, 15) is 4.79 Å². The van der Waals surface area contributed by atoms with Crippen LogP contribution in [-0.4, -0.2) is 43.0 Å². The average Bonchev–Trinajstić information content (AvgIpc) is 2.29. The van der Waals surface area contributed by atoms with Crippen molar-refractivity contribution in [2.24, 2.45) is 5.73 Å². The number of rotatable bonds is 5. The van der Waals surface area contributed by atoms with Crippen LogP contribution < -0.4 is 11.1 Å². The largest absolute Gasteiger partial charge is 0.352 e. The molecular formula is C12H25N3O. The lowest BCUT2D eigenvalue weighted by Crippen LogP contribution is -2.49. The Kier molecular flexibility index (Phi) is 5.77. The summed E-state index contributed by atoms with van der Waals surface area (Å²) < 4.78 is 0. The maximum absolute atomic E-state index is 11.7. The topological polar surface area (TPSA) is 58.4 Å². The second-order valence-corrected chi connectivity index (χ2v) is 4.83. The lowest BCUT2D eigenvalue weighted by molar-refractivity contribution is -0.123. The first-order valence-corrected chi connectivity index (χ1v) is 6.38. The highest BCUT2D eigenvalue weighted by atomic mass is 16.2. The van der Waals surface area contributed by atoms with Gasteiger partial charge in [-0.15, -0.1) is 0 Å². The number of nitrogens with zero attached hydrogens (tertiary/aromatic N) is 1. The number of piperidine rings is 1. The third-order valence-electron chi connectivity index (χ3n) is 3.27. The van der Waals surface area contributed by atoms with Gasteiger partial charge in [0.2, 0.25) is 5.91 Å². The molecule has 1 amide bonds. The molecule has 1 heterocycles. The zero-order valence-electron chi connectivity index (χ0n) is 10.5. The number of amides is 1. The fourth-order valence-corrected chi connectivity index (χ4v) is 2.02. The summed E-state index contributed by atoms with van der Waals surface area (Å²) in [6, 6.07) is 0.0102. The maximum atomic E-state index is 11.7. The first-order chi connectivity index (χ1) is 7.63. The Labute approximate surface area is 98.6 Å². The molecule has 1 aliphatic rings. The molecule has 4 heteroatoms. The molecule has 0 aromatic rings. The third-order valence-corrected chi connectivity index (χ3v) is 3.27. The Bertz CT molecular complexity index is 212. The summed E-state index contributed by atoms with van der Waals surface area (Å²) in [7, 11) is 2.12. The molecule has 1 saturated heterocycles. The zero-order valence-corrected chi connectivity index (χ0v) is 10.5. The Hall–Kier alpha value is -0.610. The molecule has 3 N–H and O–H groups in total. The molecule has 1 fully saturated rings. The highest BCUT2D eigenvalue weighted by molar-refractivity contribution is 5.81. The summed E-state index contributed by atoms with van der Waals surface area (Å²) in [5.41, 5.74) is 5.83. The number of unbranched alkanes of at least 4 members (excludes halogenated alkanes) is 1. The molecule has 1 rings (SSSR count). The lowest BCUT2D eigenvalue weighted by atomic mass is 10.0. The molecule has 0 radical (unpaired) electrons. The summed E-state index contributed by atoms with van der Waals surface area (Å²) in [5, 5.41) is 3.06. The van der Waals surface area contributed by atoms with Crippen molar-refractivity contribution in [2.75, 3.05) is 20.1 Å². The van der Waals surface area contributed by atoms with Gasteiger partial charge in [0.05, 0.1) is 6.04 Å². The highest BCUT2D eigenvalue weighted by Gasteiger charge is 2.20. The van der Waals surface area contributed by atoms with Crippen molar-refractivity contribution < 1.29 is 4.79 Å². The Morgan fingerprint density at radius 3 is 2.69 bits per heavy atom. The summed E-state index contributed by atoms with van der Waals surface area (Å²) >= 11 is 0. The fourth-order valence-electron chi connectivity index (χ4n) is 2.02. The smallest absolute Gasteiger partial charge is 0.237 e. The molecule has 0 aromatic carbocycles. The van der Waals surface area contributed by atoms with Gasteiger partial charge in [-0.2, -0.15) is 0 Å². The van der Waals surface area contributed by atoms with E-state index in [1.165, 1.54) is 0 Å². The van der Waals surface area contributed by atoms with Gasteiger partial charge in [0.25, 0.3) is 0 Å². The lowest BCUT2D eigenvalue weighted by Gasteiger charge is -2.30. The molecular weight excluding hydrogens is 202 g/mol. The maximum Gasteiger partial charge on any atom is 0.237 e. The van der Waals surface area contributed by atoms with Crippen LogP contribution in [0.15, 0.2) is 0 Å². The molecule has 1 unspecified atom stereocenters. The highest BCUT2D eigenvalue weighted by Crippen LogP contribution is 2.08. The Balaban J connectivity index is 2.22. The summed E-state index contributed by atoms with van der Waals surface area (Å²) in [6.45, 7) is 4.24. The van der Waals surface area contributed by atoms with Gasteiger partial charge in [-0.1, -0.05) is 19.8 Å². The first-order valence-electron chi connectivity index (χ1n) is 6.38. The van der Waals surface area contributed by atoms with E-state index in [0.29, 0.717) is 6.04 Å². The monoisotopic (exact) mass is 227 g/mol. The van der Waals surface area contributed by atoms with Crippen molar-refractivity contribution in [3.8, 4) is 0 Å². The van der Waals surface area contributed by atoms with E-state index in [0.717, 1.165) is 45.2 Å². The van der Waals surface area contributed by atoms with E-state index >= 15 is 0 Å². The third kappa shape index (κ3) is 4.49. The molecule has 0 spiro atoms. The summed E-state index contributed by atoms with van der Waals surface area (Å²) in [6.07, 6.45) is 5.01. The normalized spacial score (nSPS) is 20.7. The van der Waals surface area contributed by atoms with E-state index in [1.807, 2.05) is 0 Å². The van der Waals surface area contributed by atoms with Crippen LogP contribution in [0.5, 0.6) is 0 Å². The van der Waals surface area contributed by atoms with Gasteiger partial charge in [0.15, 0.2) is 0 Å². The molecule has 0 aliphatic carbocycles. The van der Waals surface area contributed by atoms with Crippen molar-refractivity contribution in [1.29, 1.82) is 0 Å². The number of carbonyl (C=O) groups is 1. The van der Waals surface area contributed by atoms with Crippen molar-refractivity contribution in [3.05, 3.63) is 0 Å². The Morgan fingerprint density at radius 2 is 2.12 bits per heavy atom. The van der Waals surface area contributed by atoms with E-state index in [-0.39, 0.29) is 11.9 Å². The number of likely N-dealkylation sites (tertiary alicyclic amines) is 1. The van der Waals surface area contributed by atoms with Crippen LogP contribution in [-0.2, 0) is 4.79 Å². The number of carbonyl (C=O) groups excluding carboxylic acids is 1. The van der Waals surface area contributed by atoms with Crippen molar-refractivity contribution in [1.82, 2.24) is 10.2 Å². The number of hydrogen-bond donors (Lipinski definition) is 2. The van der Waals surface area contributed by atoms with Gasteiger partial charge < -0.3 is 16.0 Å². The van der Waals surface area contributed by atoms with E-state index in [2.05, 4.69) is 24.2 Å². The van der Waals surface area contributed by atoms with E-state index in [1.54, 1.807) is 0 Å². The van der Waals surface area contributed by atoms with Gasteiger partial charge in [0, 0.05) is 6.04 Å². The SMILES string of the molecule is CCCCC(N)C(=O)NC1CCN(C)CC1. The molecule has 0 aromatic heterocycles. The van der Waals surface area contributed by atoms with Gasteiger partial charge in [-0.05, 0) is 39.4 Å². The van der Waals surface area contributed by atoms with Crippen LogP contribution in [0.25, 0.3) is 0 Å². The zero-order chi connectivity index (χ0) is 12.0. The molecule has 1 aliphatic heterocycles. The average molecular weight is 227 g/mol. The second kappa shape index (κ2) is 6.86. The predicted molar refractivity (Wildman–Crippen MR) is 66.2 cm³/mol. The molecule has 0 bridgehead atoms. The van der Waals surface area contributed by atoms with Crippen molar-refractivity contribution in [2.45, 2.75) is 51.1 Å². The van der Waals surface area contributed by atoms with E-state index < -0.39 is 0 Å². The van der Waals surface area contributed by atoms with Crippen molar-refractivity contribution in [3.63, 3.8) is 0 Å². The predicted octanol–water partition coefficient (Wildman–Crippen LogP) is 0.714. The summed E-state index contributed by atoms with van der Waals surface area (Å²) in [5.74, 6) is 0.0306. The molecule has 4 nitrogen and oxygen atoms in total. The van der Waals surface area contributed by atoms with Gasteiger partial charge in [0.1, 0.15) is 0 Å². The minimum Gasteiger partial charge on any atom is -0.352 e.